The molecule has 19 heavy (non-hydrogen) atoms. The second kappa shape index (κ2) is 4.93. The largest absolute Gasteiger partial charge is 0.387 e. The summed E-state index contributed by atoms with van der Waals surface area (Å²) in [5.74, 6) is 1.18. The van der Waals surface area contributed by atoms with Crippen molar-refractivity contribution in [3.05, 3.63) is 10.6 Å². The van der Waals surface area contributed by atoms with Crippen molar-refractivity contribution in [2.24, 2.45) is 5.41 Å². The van der Waals surface area contributed by atoms with Crippen molar-refractivity contribution in [1.29, 1.82) is 0 Å². The maximum atomic E-state index is 10.3. The van der Waals surface area contributed by atoms with Crippen LogP contribution in [0.2, 0.25) is 0 Å². The van der Waals surface area contributed by atoms with Crippen LogP contribution in [0.4, 0.5) is 5.13 Å². The fraction of sp³-hybridized carbons (Fsp3) is 0.786. The maximum Gasteiger partial charge on any atom is 0.185 e. The van der Waals surface area contributed by atoms with Crippen LogP contribution in [-0.4, -0.2) is 34.2 Å². The van der Waals surface area contributed by atoms with E-state index in [4.69, 9.17) is 4.98 Å². The van der Waals surface area contributed by atoms with Gasteiger partial charge in [-0.1, -0.05) is 32.1 Å². The Morgan fingerprint density at radius 1 is 1.42 bits per heavy atom. The standard InChI is InChI=1S/C14H22N2OS2/c1-9-8-16(4-5-18-9)13-15-10-6-14(2,3)7-11(17)12(10)19-13/h9,11,17H,4-8H2,1-3H3. The predicted octanol–water partition coefficient (Wildman–Crippen LogP) is 3.09. The van der Waals surface area contributed by atoms with Gasteiger partial charge in [0.2, 0.25) is 0 Å². The first kappa shape index (κ1) is 13.7. The summed E-state index contributed by atoms with van der Waals surface area (Å²) in [5.41, 5.74) is 1.30. The molecule has 1 aromatic heterocycles. The van der Waals surface area contributed by atoms with Gasteiger partial charge in [-0.05, 0) is 18.3 Å². The van der Waals surface area contributed by atoms with E-state index in [9.17, 15) is 5.11 Å². The normalized spacial score (nSPS) is 30.2. The molecule has 0 amide bonds. The number of anilines is 1. The van der Waals surface area contributed by atoms with E-state index in [1.165, 1.54) is 5.75 Å². The summed E-state index contributed by atoms with van der Waals surface area (Å²) >= 11 is 3.75. The quantitative estimate of drug-likeness (QED) is 0.864. The molecule has 1 saturated heterocycles. The van der Waals surface area contributed by atoms with Gasteiger partial charge in [0.15, 0.2) is 5.13 Å². The van der Waals surface area contributed by atoms with Crippen LogP contribution in [0.1, 0.15) is 43.9 Å². The van der Waals surface area contributed by atoms with Crippen molar-refractivity contribution < 1.29 is 5.11 Å². The van der Waals surface area contributed by atoms with Gasteiger partial charge >= 0.3 is 0 Å². The van der Waals surface area contributed by atoms with Crippen LogP contribution in [0, 0.1) is 5.41 Å². The third-order valence-electron chi connectivity index (χ3n) is 3.92. The van der Waals surface area contributed by atoms with Crippen molar-refractivity contribution in [1.82, 2.24) is 4.98 Å². The van der Waals surface area contributed by atoms with Crippen molar-refractivity contribution in [2.45, 2.75) is 45.0 Å². The fourth-order valence-electron chi connectivity index (χ4n) is 3.01. The second-order valence-corrected chi connectivity index (χ2v) is 9.05. The monoisotopic (exact) mass is 298 g/mol. The smallest absolute Gasteiger partial charge is 0.185 e. The molecule has 0 bridgehead atoms. The first-order valence-electron chi connectivity index (χ1n) is 6.99. The molecule has 0 saturated carbocycles. The zero-order valence-electron chi connectivity index (χ0n) is 11.8. The van der Waals surface area contributed by atoms with Crippen LogP contribution in [0.3, 0.4) is 0 Å². The van der Waals surface area contributed by atoms with Gasteiger partial charge in [0.1, 0.15) is 0 Å². The molecule has 0 aromatic carbocycles. The minimum atomic E-state index is -0.318. The van der Waals surface area contributed by atoms with Crippen molar-refractivity contribution >= 4 is 28.2 Å². The minimum Gasteiger partial charge on any atom is -0.387 e. The van der Waals surface area contributed by atoms with Crippen molar-refractivity contribution in [2.75, 3.05) is 23.7 Å². The number of aromatic nitrogens is 1. The lowest BCUT2D eigenvalue weighted by Crippen LogP contribution is -2.36. The molecule has 1 fully saturated rings. The number of aliphatic hydroxyl groups is 1. The van der Waals surface area contributed by atoms with Crippen LogP contribution in [-0.2, 0) is 6.42 Å². The van der Waals surface area contributed by atoms with Gasteiger partial charge in [0.05, 0.1) is 16.7 Å². The molecule has 5 heteroatoms. The van der Waals surface area contributed by atoms with E-state index in [1.54, 1.807) is 11.3 Å². The number of rotatable bonds is 1. The molecule has 1 aliphatic heterocycles. The summed E-state index contributed by atoms with van der Waals surface area (Å²) in [6, 6.07) is 0. The lowest BCUT2D eigenvalue weighted by molar-refractivity contribution is 0.102. The SMILES string of the molecule is CC1CN(c2nc3c(s2)C(O)CC(C)(C)C3)CCS1. The van der Waals surface area contributed by atoms with Crippen LogP contribution < -0.4 is 4.90 Å². The molecule has 2 unspecified atom stereocenters. The lowest BCUT2D eigenvalue weighted by atomic mass is 9.77. The van der Waals surface area contributed by atoms with E-state index in [-0.39, 0.29) is 11.5 Å². The van der Waals surface area contributed by atoms with Crippen LogP contribution in [0.25, 0.3) is 0 Å². The number of hydrogen-bond acceptors (Lipinski definition) is 5. The van der Waals surface area contributed by atoms with Crippen LogP contribution >= 0.6 is 23.1 Å². The molecule has 2 atom stereocenters. The summed E-state index contributed by atoms with van der Waals surface area (Å²) in [6.07, 6.45) is 1.53. The first-order chi connectivity index (χ1) is 8.94. The Morgan fingerprint density at radius 2 is 2.21 bits per heavy atom. The van der Waals surface area contributed by atoms with E-state index in [2.05, 4.69) is 25.7 Å². The summed E-state index contributed by atoms with van der Waals surface area (Å²) in [6.45, 7) is 8.88. The van der Waals surface area contributed by atoms with Crippen LogP contribution in [0.15, 0.2) is 0 Å². The van der Waals surface area contributed by atoms with Crippen molar-refractivity contribution in [3.8, 4) is 0 Å². The molecule has 2 aliphatic rings. The van der Waals surface area contributed by atoms with Gasteiger partial charge in [-0.3, -0.25) is 0 Å². The Bertz CT molecular complexity index is 472. The number of hydrogen-bond donors (Lipinski definition) is 1. The topological polar surface area (TPSA) is 36.4 Å². The van der Waals surface area contributed by atoms with Gasteiger partial charge < -0.3 is 10.0 Å². The molecule has 1 aliphatic carbocycles. The third kappa shape index (κ3) is 2.78. The summed E-state index contributed by atoms with van der Waals surface area (Å²) < 4.78 is 0. The van der Waals surface area contributed by atoms with Gasteiger partial charge in [-0.25, -0.2) is 4.98 Å². The Morgan fingerprint density at radius 3 is 2.95 bits per heavy atom. The Hall–Kier alpha value is -0.260. The lowest BCUT2D eigenvalue weighted by Gasteiger charge is -2.31. The molecule has 3 rings (SSSR count). The first-order valence-corrected chi connectivity index (χ1v) is 8.85. The average Bonchev–Trinajstić information content (AvgIpc) is 2.71. The highest BCUT2D eigenvalue weighted by Gasteiger charge is 2.35. The maximum absolute atomic E-state index is 10.3. The molecular weight excluding hydrogens is 276 g/mol. The van der Waals surface area contributed by atoms with Gasteiger partial charge in [0.25, 0.3) is 0 Å². The highest BCUT2D eigenvalue weighted by Crippen LogP contribution is 2.45. The molecule has 0 radical (unpaired) electrons. The van der Waals surface area contributed by atoms with E-state index in [0.717, 1.165) is 41.6 Å². The summed E-state index contributed by atoms with van der Waals surface area (Å²) in [4.78, 5) is 8.33. The van der Waals surface area contributed by atoms with Gasteiger partial charge in [0, 0.05) is 24.1 Å². The molecular formula is C14H22N2OS2. The Labute approximate surface area is 123 Å². The Balaban J connectivity index is 1.86. The van der Waals surface area contributed by atoms with E-state index >= 15 is 0 Å². The molecule has 0 spiro atoms. The second-order valence-electron chi connectivity index (χ2n) is 6.50. The Kier molecular flexibility index (Phi) is 3.56. The highest BCUT2D eigenvalue weighted by atomic mass is 32.2. The third-order valence-corrected chi connectivity index (χ3v) is 6.32. The van der Waals surface area contributed by atoms with Crippen molar-refractivity contribution in [3.63, 3.8) is 0 Å². The highest BCUT2D eigenvalue weighted by molar-refractivity contribution is 8.00. The van der Waals surface area contributed by atoms with Crippen LogP contribution in [0.5, 0.6) is 0 Å². The molecule has 2 heterocycles. The number of nitrogens with zero attached hydrogens (tertiary/aromatic N) is 2. The predicted molar refractivity (Wildman–Crippen MR) is 83.3 cm³/mol. The number of thiazole rings is 1. The van der Waals surface area contributed by atoms with E-state index in [0.29, 0.717) is 5.25 Å². The van der Waals surface area contributed by atoms with Gasteiger partial charge in [-0.2, -0.15) is 11.8 Å². The fourth-order valence-corrected chi connectivity index (χ4v) is 5.12. The molecule has 1 N–H and O–H groups in total. The van der Waals surface area contributed by atoms with Gasteiger partial charge in [-0.15, -0.1) is 0 Å². The summed E-state index contributed by atoms with van der Waals surface area (Å²) in [5, 5.41) is 12.1. The number of fused-ring (bicyclic) bond motifs is 1. The van der Waals surface area contributed by atoms with E-state index < -0.39 is 0 Å². The minimum absolute atomic E-state index is 0.169. The zero-order chi connectivity index (χ0) is 13.6. The molecule has 106 valence electrons. The molecule has 1 aromatic rings. The molecule has 3 nitrogen and oxygen atoms in total. The zero-order valence-corrected chi connectivity index (χ0v) is 13.5. The average molecular weight is 298 g/mol. The van der Waals surface area contributed by atoms with E-state index in [1.807, 2.05) is 11.8 Å². The number of thioether (sulfide) groups is 1. The number of aliphatic hydroxyl groups excluding tert-OH is 1. The summed E-state index contributed by atoms with van der Waals surface area (Å²) in [7, 11) is 0.